The lowest BCUT2D eigenvalue weighted by Gasteiger charge is -2.17. The highest BCUT2D eigenvalue weighted by Crippen LogP contribution is 2.29. The molecule has 2 aromatic rings. The van der Waals surface area contributed by atoms with Crippen molar-refractivity contribution in [1.82, 2.24) is 4.98 Å². The van der Waals surface area contributed by atoms with Crippen LogP contribution < -0.4 is 5.73 Å². The van der Waals surface area contributed by atoms with E-state index in [9.17, 15) is 5.11 Å². The summed E-state index contributed by atoms with van der Waals surface area (Å²) < 4.78 is 0. The van der Waals surface area contributed by atoms with Gasteiger partial charge in [0.25, 0.3) is 0 Å². The van der Waals surface area contributed by atoms with Gasteiger partial charge in [-0.05, 0) is 49.1 Å². The highest BCUT2D eigenvalue weighted by Gasteiger charge is 2.16. The molecule has 0 aliphatic carbocycles. The molecule has 1 heterocycles. The van der Waals surface area contributed by atoms with Crippen molar-refractivity contribution >= 4 is 5.82 Å². The van der Waals surface area contributed by atoms with Gasteiger partial charge >= 0.3 is 0 Å². The van der Waals surface area contributed by atoms with Crippen LogP contribution in [0.15, 0.2) is 30.5 Å². The molecule has 0 amide bonds. The fourth-order valence-electron chi connectivity index (χ4n) is 2.11. The van der Waals surface area contributed by atoms with Crippen LogP contribution >= 0.6 is 0 Å². The molecule has 0 spiro atoms. The van der Waals surface area contributed by atoms with Gasteiger partial charge in [-0.15, -0.1) is 0 Å². The second kappa shape index (κ2) is 4.78. The monoisotopic (exact) mass is 242 g/mol. The smallest absolute Gasteiger partial charge is 0.129 e. The molecule has 18 heavy (non-hydrogen) atoms. The predicted octanol–water partition coefficient (Wildman–Crippen LogP) is 2.67. The van der Waals surface area contributed by atoms with E-state index >= 15 is 0 Å². The number of aliphatic hydroxyl groups excluding tert-OH is 1. The molecule has 1 atom stereocenters. The van der Waals surface area contributed by atoms with E-state index in [2.05, 4.69) is 18.0 Å². The van der Waals surface area contributed by atoms with Crippen LogP contribution in [0.4, 0.5) is 5.82 Å². The Labute approximate surface area is 107 Å². The lowest BCUT2D eigenvalue weighted by Crippen LogP contribution is -2.07. The van der Waals surface area contributed by atoms with E-state index in [-0.39, 0.29) is 0 Å². The minimum atomic E-state index is -0.724. The lowest BCUT2D eigenvalue weighted by molar-refractivity contribution is 0.220. The van der Waals surface area contributed by atoms with Gasteiger partial charge < -0.3 is 10.8 Å². The maximum absolute atomic E-state index is 10.4. The zero-order chi connectivity index (χ0) is 13.3. The zero-order valence-electron chi connectivity index (χ0n) is 10.9. The molecule has 3 nitrogen and oxygen atoms in total. The molecule has 94 valence electrons. The molecule has 3 N–H and O–H groups in total. The van der Waals surface area contributed by atoms with Crippen LogP contribution in [0, 0.1) is 20.8 Å². The largest absolute Gasteiger partial charge is 0.384 e. The Balaban J connectivity index is 2.50. The summed E-state index contributed by atoms with van der Waals surface area (Å²) in [6.45, 7) is 6.10. The Morgan fingerprint density at radius 1 is 1.06 bits per heavy atom. The second-order valence-corrected chi connectivity index (χ2v) is 4.67. The van der Waals surface area contributed by atoms with Crippen LogP contribution in [0.2, 0.25) is 0 Å². The average Bonchev–Trinajstić information content (AvgIpc) is 2.33. The molecule has 0 aliphatic rings. The number of pyridine rings is 1. The highest BCUT2D eigenvalue weighted by atomic mass is 16.3. The number of aliphatic hydroxyl groups is 1. The van der Waals surface area contributed by atoms with Crippen molar-refractivity contribution in [3.05, 3.63) is 58.3 Å². The minimum Gasteiger partial charge on any atom is -0.384 e. The highest BCUT2D eigenvalue weighted by molar-refractivity contribution is 5.47. The Bertz CT molecular complexity index is 579. The molecule has 0 saturated carbocycles. The molecule has 1 unspecified atom stereocenters. The maximum atomic E-state index is 10.4. The first-order chi connectivity index (χ1) is 8.50. The molecule has 1 aromatic carbocycles. The number of hydrogen-bond donors (Lipinski definition) is 2. The summed E-state index contributed by atoms with van der Waals surface area (Å²) in [6.07, 6.45) is 0.900. The van der Waals surface area contributed by atoms with Gasteiger partial charge in [0.1, 0.15) is 11.9 Å². The fraction of sp³-hybridized carbons (Fsp3) is 0.267. The Morgan fingerprint density at radius 2 is 1.72 bits per heavy atom. The number of anilines is 1. The molecule has 3 heteroatoms. The number of aryl methyl sites for hydroxylation is 3. The molecule has 1 aromatic heterocycles. The Hall–Kier alpha value is -1.87. The minimum absolute atomic E-state index is 0.377. The number of benzene rings is 1. The van der Waals surface area contributed by atoms with E-state index in [0.29, 0.717) is 11.4 Å². The van der Waals surface area contributed by atoms with E-state index in [1.165, 1.54) is 5.56 Å². The Morgan fingerprint density at radius 3 is 2.39 bits per heavy atom. The summed E-state index contributed by atoms with van der Waals surface area (Å²) in [5, 5.41) is 10.4. The summed E-state index contributed by atoms with van der Waals surface area (Å²) in [5.74, 6) is 0.377. The first-order valence-corrected chi connectivity index (χ1v) is 5.97. The number of aromatic nitrogens is 1. The average molecular weight is 242 g/mol. The van der Waals surface area contributed by atoms with Gasteiger partial charge in [0.15, 0.2) is 0 Å². The molecule has 0 aliphatic heterocycles. The Kier molecular flexibility index (Phi) is 3.34. The van der Waals surface area contributed by atoms with Crippen molar-refractivity contribution in [2.45, 2.75) is 26.9 Å². The van der Waals surface area contributed by atoms with Crippen LogP contribution in [0.3, 0.4) is 0 Å². The summed E-state index contributed by atoms with van der Waals surface area (Å²) in [4.78, 5) is 4.01. The molecular formula is C15H18N2O. The van der Waals surface area contributed by atoms with E-state index < -0.39 is 6.10 Å². The van der Waals surface area contributed by atoms with Gasteiger partial charge in [-0.25, -0.2) is 4.98 Å². The fourth-order valence-corrected chi connectivity index (χ4v) is 2.11. The van der Waals surface area contributed by atoms with Crippen LogP contribution in [0.25, 0.3) is 0 Å². The summed E-state index contributed by atoms with van der Waals surface area (Å²) >= 11 is 0. The maximum Gasteiger partial charge on any atom is 0.129 e. The van der Waals surface area contributed by atoms with Crippen LogP contribution in [-0.4, -0.2) is 10.1 Å². The number of rotatable bonds is 2. The van der Waals surface area contributed by atoms with Gasteiger partial charge in [0, 0.05) is 11.8 Å². The van der Waals surface area contributed by atoms with Crippen molar-refractivity contribution in [1.29, 1.82) is 0 Å². The van der Waals surface area contributed by atoms with E-state index in [4.69, 9.17) is 5.73 Å². The van der Waals surface area contributed by atoms with Gasteiger partial charge in [-0.2, -0.15) is 0 Å². The van der Waals surface area contributed by atoms with Crippen LogP contribution in [0.5, 0.6) is 0 Å². The van der Waals surface area contributed by atoms with Gasteiger partial charge in [0.05, 0.1) is 0 Å². The summed E-state index contributed by atoms with van der Waals surface area (Å²) in [6, 6.07) is 7.69. The van der Waals surface area contributed by atoms with Crippen molar-refractivity contribution in [3.63, 3.8) is 0 Å². The first kappa shape index (κ1) is 12.6. The third-order valence-corrected chi connectivity index (χ3v) is 3.34. The molecule has 0 saturated heterocycles. The van der Waals surface area contributed by atoms with E-state index in [0.717, 1.165) is 16.7 Å². The van der Waals surface area contributed by atoms with E-state index in [1.807, 2.05) is 26.0 Å². The summed E-state index contributed by atoms with van der Waals surface area (Å²) in [5.41, 5.74) is 10.8. The number of hydrogen-bond acceptors (Lipinski definition) is 3. The normalized spacial score (nSPS) is 12.4. The number of nitrogens with zero attached hydrogens (tertiary/aromatic N) is 1. The van der Waals surface area contributed by atoms with Crippen molar-refractivity contribution in [2.24, 2.45) is 0 Å². The van der Waals surface area contributed by atoms with Crippen molar-refractivity contribution in [3.8, 4) is 0 Å². The van der Waals surface area contributed by atoms with Gasteiger partial charge in [-0.1, -0.05) is 18.2 Å². The quantitative estimate of drug-likeness (QED) is 0.851. The predicted molar refractivity (Wildman–Crippen MR) is 73.4 cm³/mol. The van der Waals surface area contributed by atoms with Crippen molar-refractivity contribution in [2.75, 3.05) is 5.73 Å². The standard InChI is InChI=1S/C15H18N2O/c1-9-7-11(3)13(8-10(9)2)14(18)12-5-4-6-17-15(12)16/h4-8,14,18H,1-3H3,(H2,16,17). The molecular weight excluding hydrogens is 224 g/mol. The van der Waals surface area contributed by atoms with Crippen molar-refractivity contribution < 1.29 is 5.11 Å². The lowest BCUT2D eigenvalue weighted by atomic mass is 9.94. The second-order valence-electron chi connectivity index (χ2n) is 4.67. The van der Waals surface area contributed by atoms with Gasteiger partial charge in [-0.3, -0.25) is 0 Å². The summed E-state index contributed by atoms with van der Waals surface area (Å²) in [7, 11) is 0. The zero-order valence-corrected chi connectivity index (χ0v) is 10.9. The van der Waals surface area contributed by atoms with E-state index in [1.54, 1.807) is 12.3 Å². The molecule has 2 rings (SSSR count). The third kappa shape index (κ3) is 2.22. The third-order valence-electron chi connectivity index (χ3n) is 3.34. The van der Waals surface area contributed by atoms with Gasteiger partial charge in [0.2, 0.25) is 0 Å². The first-order valence-electron chi connectivity index (χ1n) is 5.97. The van der Waals surface area contributed by atoms with Crippen LogP contribution in [-0.2, 0) is 0 Å². The number of nitrogens with two attached hydrogens (primary N) is 1. The topological polar surface area (TPSA) is 59.1 Å². The molecule has 0 radical (unpaired) electrons. The number of nitrogen functional groups attached to an aromatic ring is 1. The molecule has 0 bridgehead atoms. The SMILES string of the molecule is Cc1cc(C)c(C(O)c2cccnc2N)cc1C. The molecule has 0 fully saturated rings. The van der Waals surface area contributed by atoms with Crippen LogP contribution in [0.1, 0.15) is 33.9 Å².